The maximum Gasteiger partial charge on any atom is 0.225 e. The number of ether oxygens (including phenoxy) is 1. The van der Waals surface area contributed by atoms with E-state index in [1.165, 1.54) is 24.5 Å². The molecule has 0 fully saturated rings. The number of hydrogen-bond acceptors (Lipinski definition) is 6. The summed E-state index contributed by atoms with van der Waals surface area (Å²) in [6.07, 6.45) is 0.186. The lowest BCUT2D eigenvalue weighted by Gasteiger charge is -2.24. The van der Waals surface area contributed by atoms with Gasteiger partial charge < -0.3 is 15.2 Å². The number of carbonyl (C=O) groups excluding carboxylic acids is 1. The summed E-state index contributed by atoms with van der Waals surface area (Å²) < 4.78 is 31.5. The molecule has 1 atom stereocenters. The summed E-state index contributed by atoms with van der Waals surface area (Å²) in [4.78, 5) is 13.5. The number of carbonyl (C=O) groups is 1. The van der Waals surface area contributed by atoms with Crippen molar-refractivity contribution in [2.75, 3.05) is 12.4 Å². The van der Waals surface area contributed by atoms with Crippen LogP contribution in [0.4, 0.5) is 5.69 Å². The number of hydrogen-bond donors (Lipinski definition) is 2. The third kappa shape index (κ3) is 3.38. The van der Waals surface area contributed by atoms with Gasteiger partial charge in [0, 0.05) is 22.6 Å². The number of nitrogens with one attached hydrogen (secondary N) is 1. The molecule has 0 aliphatic carbocycles. The van der Waals surface area contributed by atoms with Crippen molar-refractivity contribution in [2.45, 2.75) is 29.1 Å². The van der Waals surface area contributed by atoms with Crippen LogP contribution in [0, 0.1) is 6.92 Å². The molecule has 0 saturated heterocycles. The Morgan fingerprint density at radius 2 is 1.90 bits per heavy atom. The van der Waals surface area contributed by atoms with Gasteiger partial charge in [-0.05, 0) is 36.8 Å². The van der Waals surface area contributed by atoms with E-state index in [1.54, 1.807) is 41.8 Å². The van der Waals surface area contributed by atoms with Crippen LogP contribution < -0.4 is 10.1 Å². The van der Waals surface area contributed by atoms with Gasteiger partial charge in [0.15, 0.2) is 11.5 Å². The normalized spacial score (nSPS) is 16.2. The molecule has 2 heterocycles. The summed E-state index contributed by atoms with van der Waals surface area (Å²) >= 11 is 1.30. The number of sulfone groups is 1. The molecule has 29 heavy (non-hydrogen) atoms. The molecule has 1 unspecified atom stereocenters. The topological polar surface area (TPSA) is 92.7 Å². The Balaban J connectivity index is 1.82. The molecule has 6 nitrogen and oxygen atoms in total. The highest BCUT2D eigenvalue weighted by molar-refractivity contribution is 7.91. The Hall–Kier alpha value is -2.84. The summed E-state index contributed by atoms with van der Waals surface area (Å²) in [7, 11) is -2.32. The van der Waals surface area contributed by atoms with Gasteiger partial charge in [0.25, 0.3) is 0 Å². The smallest absolute Gasteiger partial charge is 0.225 e. The zero-order chi connectivity index (χ0) is 20.8. The van der Waals surface area contributed by atoms with Crippen molar-refractivity contribution >= 4 is 32.8 Å². The summed E-state index contributed by atoms with van der Waals surface area (Å²) in [5, 5.41) is 14.2. The van der Waals surface area contributed by atoms with Crippen LogP contribution in [0.15, 0.2) is 57.6 Å². The molecule has 8 heteroatoms. The highest BCUT2D eigenvalue weighted by atomic mass is 32.2. The van der Waals surface area contributed by atoms with Crippen molar-refractivity contribution < 1.29 is 23.1 Å². The first-order valence-electron chi connectivity index (χ1n) is 8.91. The number of amides is 1. The minimum Gasteiger partial charge on any atom is -0.504 e. The molecule has 0 saturated carbocycles. The first-order valence-corrected chi connectivity index (χ1v) is 11.3. The van der Waals surface area contributed by atoms with Gasteiger partial charge in [-0.2, -0.15) is 0 Å². The lowest BCUT2D eigenvalue weighted by Crippen LogP contribution is -2.23. The fraction of sp³-hybridized carbons (Fsp3) is 0.190. The number of rotatable bonds is 4. The minimum atomic E-state index is -3.77. The van der Waals surface area contributed by atoms with Crippen LogP contribution in [-0.4, -0.2) is 26.5 Å². The highest BCUT2D eigenvalue weighted by Crippen LogP contribution is 2.46. The molecule has 3 aromatic rings. The molecule has 0 radical (unpaired) electrons. The SMILES string of the molecule is COc1cc(C2CC(=O)Nc3c(S(=O)(=O)c4ccc(C)cc4)csc32)ccc1O. The van der Waals surface area contributed by atoms with Crippen LogP contribution in [0.2, 0.25) is 0 Å². The summed E-state index contributed by atoms with van der Waals surface area (Å²) in [6, 6.07) is 11.5. The third-order valence-electron chi connectivity index (χ3n) is 4.98. The number of thiophene rings is 1. The van der Waals surface area contributed by atoms with E-state index in [9.17, 15) is 18.3 Å². The second-order valence-corrected chi connectivity index (χ2v) is 9.72. The van der Waals surface area contributed by atoms with Crippen LogP contribution in [0.25, 0.3) is 0 Å². The van der Waals surface area contributed by atoms with Crippen molar-refractivity contribution in [3.8, 4) is 11.5 Å². The second kappa shape index (κ2) is 7.20. The number of phenolic OH excluding ortho intramolecular Hbond substituents is 1. The summed E-state index contributed by atoms with van der Waals surface area (Å²) in [6.45, 7) is 1.89. The Labute approximate surface area is 172 Å². The summed E-state index contributed by atoms with van der Waals surface area (Å²) in [5.41, 5.74) is 2.08. The molecule has 1 aromatic heterocycles. The van der Waals surface area contributed by atoms with E-state index in [0.717, 1.165) is 16.0 Å². The standard InChI is InChI=1S/C21H19NO5S2/c1-12-3-6-14(7-4-12)29(25,26)18-11-28-21-15(10-19(24)22-20(18)21)13-5-8-16(23)17(9-13)27-2/h3-9,11,15,23H,10H2,1-2H3,(H,22,24). The largest absolute Gasteiger partial charge is 0.504 e. The van der Waals surface area contributed by atoms with Crippen molar-refractivity contribution in [3.63, 3.8) is 0 Å². The van der Waals surface area contributed by atoms with Crippen LogP contribution >= 0.6 is 11.3 Å². The molecule has 1 amide bonds. The van der Waals surface area contributed by atoms with Gasteiger partial charge in [-0.1, -0.05) is 23.8 Å². The van der Waals surface area contributed by atoms with Gasteiger partial charge in [0.1, 0.15) is 4.90 Å². The Kier molecular flexibility index (Phi) is 4.84. The maximum absolute atomic E-state index is 13.2. The lowest BCUT2D eigenvalue weighted by molar-refractivity contribution is -0.116. The molecular weight excluding hydrogens is 410 g/mol. The Morgan fingerprint density at radius 1 is 1.17 bits per heavy atom. The molecule has 0 spiro atoms. The van der Waals surface area contributed by atoms with E-state index in [0.29, 0.717) is 11.4 Å². The monoisotopic (exact) mass is 429 g/mol. The number of benzene rings is 2. The number of methoxy groups -OCH3 is 1. The number of anilines is 1. The molecule has 2 aromatic carbocycles. The zero-order valence-corrected chi connectivity index (χ0v) is 17.4. The van der Waals surface area contributed by atoms with E-state index < -0.39 is 9.84 Å². The highest BCUT2D eigenvalue weighted by Gasteiger charge is 2.34. The van der Waals surface area contributed by atoms with Gasteiger partial charge in [-0.3, -0.25) is 4.79 Å². The number of phenols is 1. The van der Waals surface area contributed by atoms with Crippen molar-refractivity contribution in [1.29, 1.82) is 0 Å². The molecule has 4 rings (SSSR count). The zero-order valence-electron chi connectivity index (χ0n) is 15.8. The Bertz CT molecular complexity index is 1200. The van der Waals surface area contributed by atoms with E-state index in [4.69, 9.17) is 4.74 Å². The number of aryl methyl sites for hydroxylation is 1. The van der Waals surface area contributed by atoms with Gasteiger partial charge in [0.05, 0.1) is 17.7 Å². The van der Waals surface area contributed by atoms with Crippen molar-refractivity contribution in [2.24, 2.45) is 0 Å². The molecule has 0 bridgehead atoms. The van der Waals surface area contributed by atoms with Crippen LogP contribution in [0.1, 0.15) is 28.3 Å². The molecular formula is C21H19NO5S2. The first-order chi connectivity index (χ1) is 13.8. The maximum atomic E-state index is 13.2. The van der Waals surface area contributed by atoms with Crippen LogP contribution in [-0.2, 0) is 14.6 Å². The van der Waals surface area contributed by atoms with Crippen LogP contribution in [0.5, 0.6) is 11.5 Å². The quantitative estimate of drug-likeness (QED) is 0.652. The molecule has 1 aliphatic rings. The fourth-order valence-electron chi connectivity index (χ4n) is 3.43. The van der Waals surface area contributed by atoms with Gasteiger partial charge >= 0.3 is 0 Å². The minimum absolute atomic E-state index is 0.00514. The predicted octanol–water partition coefficient (Wildman–Crippen LogP) is 4.08. The number of fused-ring (bicyclic) bond motifs is 1. The third-order valence-corrected chi connectivity index (χ3v) is 8.02. The van der Waals surface area contributed by atoms with Gasteiger partial charge in [0.2, 0.25) is 15.7 Å². The predicted molar refractivity (Wildman–Crippen MR) is 111 cm³/mol. The van der Waals surface area contributed by atoms with E-state index in [1.807, 2.05) is 6.92 Å². The molecule has 1 aliphatic heterocycles. The van der Waals surface area contributed by atoms with Crippen molar-refractivity contribution in [1.82, 2.24) is 0 Å². The average molecular weight is 430 g/mol. The second-order valence-electron chi connectivity index (χ2n) is 6.89. The van der Waals surface area contributed by atoms with Gasteiger partial charge in [-0.15, -0.1) is 11.3 Å². The summed E-state index contributed by atoms with van der Waals surface area (Å²) in [5.74, 6) is -0.266. The van der Waals surface area contributed by atoms with Crippen LogP contribution in [0.3, 0.4) is 0 Å². The molecule has 2 N–H and O–H groups in total. The number of aromatic hydroxyl groups is 1. The average Bonchev–Trinajstić information content (AvgIpc) is 3.12. The van der Waals surface area contributed by atoms with Gasteiger partial charge in [-0.25, -0.2) is 8.42 Å². The fourth-order valence-corrected chi connectivity index (χ4v) is 6.33. The van der Waals surface area contributed by atoms with E-state index >= 15 is 0 Å². The molecule has 150 valence electrons. The van der Waals surface area contributed by atoms with E-state index in [2.05, 4.69) is 5.32 Å². The first kappa shape index (κ1) is 19.5. The lowest BCUT2D eigenvalue weighted by atomic mass is 9.90. The Morgan fingerprint density at radius 3 is 2.59 bits per heavy atom. The van der Waals surface area contributed by atoms with E-state index in [-0.39, 0.29) is 33.8 Å². The van der Waals surface area contributed by atoms with Crippen molar-refractivity contribution in [3.05, 3.63) is 63.8 Å².